The second kappa shape index (κ2) is 7.28. The Kier molecular flexibility index (Phi) is 5.39. The van der Waals surface area contributed by atoms with Gasteiger partial charge in [-0.1, -0.05) is 29.8 Å². The fraction of sp³-hybridized carbons (Fsp3) is 0.214. The minimum Gasteiger partial charge on any atom is -0.346 e. The molecule has 100 valence electrons. The first-order valence-electron chi connectivity index (χ1n) is 6.13. The van der Waals surface area contributed by atoms with Crippen LogP contribution in [0, 0.1) is 0 Å². The number of rotatable bonds is 6. The van der Waals surface area contributed by atoms with E-state index in [0.717, 1.165) is 23.0 Å². The smallest absolute Gasteiger partial charge is 0.261 e. The van der Waals surface area contributed by atoms with E-state index < -0.39 is 0 Å². The Bertz CT molecular complexity index is 511. The summed E-state index contributed by atoms with van der Waals surface area (Å²) in [5, 5.41) is 7.72. The molecule has 2 rings (SSSR count). The Hall–Kier alpha value is -1.36. The van der Waals surface area contributed by atoms with Crippen molar-refractivity contribution in [2.75, 3.05) is 13.1 Å². The number of benzene rings is 1. The molecule has 0 fully saturated rings. The van der Waals surface area contributed by atoms with Gasteiger partial charge >= 0.3 is 0 Å². The van der Waals surface area contributed by atoms with Gasteiger partial charge in [0, 0.05) is 10.6 Å². The molecule has 0 saturated heterocycles. The molecule has 5 heteroatoms. The molecule has 3 nitrogen and oxygen atoms in total. The lowest BCUT2D eigenvalue weighted by Crippen LogP contribution is -2.84. The molecule has 2 aromatic rings. The summed E-state index contributed by atoms with van der Waals surface area (Å²) in [6.45, 7) is 2.43. The maximum atomic E-state index is 11.6. The number of hydrogen-bond donors (Lipinski definition) is 2. The van der Waals surface area contributed by atoms with Crippen molar-refractivity contribution >= 4 is 28.8 Å². The lowest BCUT2D eigenvalue weighted by atomic mass is 10.2. The lowest BCUT2D eigenvalue weighted by molar-refractivity contribution is -0.668. The van der Waals surface area contributed by atoms with Crippen molar-refractivity contribution in [2.24, 2.45) is 0 Å². The summed E-state index contributed by atoms with van der Waals surface area (Å²) in [4.78, 5) is 12.4. The van der Waals surface area contributed by atoms with Crippen LogP contribution in [0.2, 0.25) is 5.02 Å². The first-order chi connectivity index (χ1) is 9.25. The van der Waals surface area contributed by atoms with E-state index in [4.69, 9.17) is 11.6 Å². The summed E-state index contributed by atoms with van der Waals surface area (Å²) in [6.07, 6.45) is 0. The van der Waals surface area contributed by atoms with Crippen LogP contribution >= 0.6 is 22.9 Å². The molecule has 1 aromatic carbocycles. The van der Waals surface area contributed by atoms with Crippen molar-refractivity contribution in [3.05, 3.63) is 57.2 Å². The molecule has 0 aliphatic carbocycles. The van der Waals surface area contributed by atoms with Gasteiger partial charge in [-0.05, 0) is 23.6 Å². The Labute approximate surface area is 121 Å². The van der Waals surface area contributed by atoms with Gasteiger partial charge in [-0.3, -0.25) is 4.79 Å². The van der Waals surface area contributed by atoms with E-state index >= 15 is 0 Å². The SMILES string of the molecule is O=C(NCC[NH2+]Cc1ccc(Cl)cc1)c1cccs1. The molecule has 0 bridgehead atoms. The molecule has 0 unspecified atom stereocenters. The van der Waals surface area contributed by atoms with Gasteiger partial charge in [0.05, 0.1) is 18.0 Å². The van der Waals surface area contributed by atoms with Crippen LogP contribution in [0.3, 0.4) is 0 Å². The maximum Gasteiger partial charge on any atom is 0.261 e. The first kappa shape index (κ1) is 14.1. The molecule has 1 aromatic heterocycles. The normalized spacial score (nSPS) is 10.4. The van der Waals surface area contributed by atoms with E-state index in [-0.39, 0.29) is 5.91 Å². The molecule has 0 aliphatic rings. The van der Waals surface area contributed by atoms with Crippen LogP contribution in [-0.2, 0) is 6.54 Å². The maximum absolute atomic E-state index is 11.6. The number of quaternary nitrogens is 1. The molecule has 0 aliphatic heterocycles. The summed E-state index contributed by atoms with van der Waals surface area (Å²) in [6, 6.07) is 11.5. The van der Waals surface area contributed by atoms with Crippen molar-refractivity contribution in [2.45, 2.75) is 6.54 Å². The summed E-state index contributed by atoms with van der Waals surface area (Å²) in [7, 11) is 0. The lowest BCUT2D eigenvalue weighted by Gasteiger charge is -2.04. The molecule has 0 spiro atoms. The van der Waals surface area contributed by atoms with Gasteiger partial charge in [0.2, 0.25) is 0 Å². The first-order valence-corrected chi connectivity index (χ1v) is 7.39. The van der Waals surface area contributed by atoms with Gasteiger partial charge in [0.15, 0.2) is 0 Å². The topological polar surface area (TPSA) is 45.7 Å². The largest absolute Gasteiger partial charge is 0.346 e. The predicted octanol–water partition coefficient (Wildman–Crippen LogP) is 1.89. The molecular weight excluding hydrogens is 280 g/mol. The number of carbonyl (C=O) groups excluding carboxylic acids is 1. The Morgan fingerprint density at radius 3 is 2.74 bits per heavy atom. The third kappa shape index (κ3) is 4.67. The van der Waals surface area contributed by atoms with E-state index in [1.54, 1.807) is 0 Å². The number of hydrogen-bond acceptors (Lipinski definition) is 2. The van der Waals surface area contributed by atoms with Gasteiger partial charge in [-0.15, -0.1) is 11.3 Å². The van der Waals surface area contributed by atoms with Crippen LogP contribution in [0.5, 0.6) is 0 Å². The number of halogens is 1. The number of thiophene rings is 1. The highest BCUT2D eigenvalue weighted by atomic mass is 35.5. The van der Waals surface area contributed by atoms with Crippen molar-refractivity contribution in [1.82, 2.24) is 5.32 Å². The van der Waals surface area contributed by atoms with E-state index in [1.165, 1.54) is 16.9 Å². The average molecular weight is 296 g/mol. The van der Waals surface area contributed by atoms with Gasteiger partial charge in [-0.2, -0.15) is 0 Å². The van der Waals surface area contributed by atoms with Crippen LogP contribution < -0.4 is 10.6 Å². The zero-order valence-electron chi connectivity index (χ0n) is 10.4. The van der Waals surface area contributed by atoms with Gasteiger partial charge in [0.25, 0.3) is 5.91 Å². The van der Waals surface area contributed by atoms with Crippen LogP contribution in [0.4, 0.5) is 0 Å². The average Bonchev–Trinajstić information content (AvgIpc) is 2.94. The van der Waals surface area contributed by atoms with E-state index in [2.05, 4.69) is 10.6 Å². The molecule has 19 heavy (non-hydrogen) atoms. The second-order valence-electron chi connectivity index (χ2n) is 4.14. The van der Waals surface area contributed by atoms with Crippen molar-refractivity contribution < 1.29 is 10.1 Å². The Morgan fingerprint density at radius 2 is 2.05 bits per heavy atom. The quantitative estimate of drug-likeness (QED) is 0.786. The van der Waals surface area contributed by atoms with Gasteiger partial charge in [0.1, 0.15) is 6.54 Å². The van der Waals surface area contributed by atoms with E-state index in [1.807, 2.05) is 41.8 Å². The molecule has 1 amide bonds. The Morgan fingerprint density at radius 1 is 1.26 bits per heavy atom. The standard InChI is InChI=1S/C14H15ClN2OS/c15-12-5-3-11(4-6-12)10-16-7-8-17-14(18)13-2-1-9-19-13/h1-6,9,16H,7-8,10H2,(H,17,18)/p+1. The Balaban J connectivity index is 1.62. The second-order valence-corrected chi connectivity index (χ2v) is 5.53. The number of amides is 1. The van der Waals surface area contributed by atoms with Crippen LogP contribution in [-0.4, -0.2) is 19.0 Å². The summed E-state index contributed by atoms with van der Waals surface area (Å²) in [5.74, 6) is 0.00916. The molecule has 3 N–H and O–H groups in total. The number of nitrogens with one attached hydrogen (secondary N) is 1. The fourth-order valence-electron chi connectivity index (χ4n) is 1.67. The van der Waals surface area contributed by atoms with Crippen molar-refractivity contribution in [3.8, 4) is 0 Å². The highest BCUT2D eigenvalue weighted by Crippen LogP contribution is 2.08. The minimum absolute atomic E-state index is 0.00916. The molecule has 1 heterocycles. The number of nitrogens with two attached hydrogens (primary N) is 1. The van der Waals surface area contributed by atoms with Crippen LogP contribution in [0.15, 0.2) is 41.8 Å². The van der Waals surface area contributed by atoms with Crippen LogP contribution in [0.25, 0.3) is 0 Å². The summed E-state index contributed by atoms with van der Waals surface area (Å²) in [5.41, 5.74) is 1.23. The monoisotopic (exact) mass is 295 g/mol. The van der Waals surface area contributed by atoms with E-state index in [0.29, 0.717) is 6.54 Å². The molecule has 0 atom stereocenters. The van der Waals surface area contributed by atoms with E-state index in [9.17, 15) is 4.79 Å². The van der Waals surface area contributed by atoms with Crippen LogP contribution in [0.1, 0.15) is 15.2 Å². The summed E-state index contributed by atoms with van der Waals surface area (Å²) >= 11 is 7.28. The number of carbonyl (C=O) groups is 1. The fourth-order valence-corrected chi connectivity index (χ4v) is 2.44. The highest BCUT2D eigenvalue weighted by Gasteiger charge is 2.05. The summed E-state index contributed by atoms with van der Waals surface area (Å²) < 4.78 is 0. The third-order valence-corrected chi connectivity index (χ3v) is 3.79. The van der Waals surface area contributed by atoms with Crippen molar-refractivity contribution in [3.63, 3.8) is 0 Å². The minimum atomic E-state index is 0.00916. The van der Waals surface area contributed by atoms with Gasteiger partial charge in [-0.25, -0.2) is 0 Å². The zero-order valence-corrected chi connectivity index (χ0v) is 12.0. The van der Waals surface area contributed by atoms with Crippen molar-refractivity contribution in [1.29, 1.82) is 0 Å². The predicted molar refractivity (Wildman–Crippen MR) is 78.6 cm³/mol. The molecule has 0 saturated carbocycles. The third-order valence-electron chi connectivity index (χ3n) is 2.67. The zero-order chi connectivity index (χ0) is 13.5. The molecular formula is C14H16ClN2OS+. The molecule has 0 radical (unpaired) electrons. The van der Waals surface area contributed by atoms with Gasteiger partial charge < -0.3 is 10.6 Å². The highest BCUT2D eigenvalue weighted by molar-refractivity contribution is 7.12.